The Kier molecular flexibility index (Phi) is 6.69. The van der Waals surface area contributed by atoms with E-state index in [0.717, 1.165) is 16.7 Å². The first kappa shape index (κ1) is 20.2. The minimum absolute atomic E-state index is 0.127. The summed E-state index contributed by atoms with van der Waals surface area (Å²) in [4.78, 5) is 12.9. The van der Waals surface area contributed by atoms with Gasteiger partial charge in [0.15, 0.2) is 11.5 Å². The lowest BCUT2D eigenvalue weighted by atomic mass is 9.98. The van der Waals surface area contributed by atoms with Crippen LogP contribution in [0.1, 0.15) is 29.7 Å². The summed E-state index contributed by atoms with van der Waals surface area (Å²) in [6.45, 7) is 1.80. The first-order chi connectivity index (χ1) is 14.1. The van der Waals surface area contributed by atoms with Crippen molar-refractivity contribution in [3.05, 3.63) is 101 Å². The molecule has 0 bridgehead atoms. The van der Waals surface area contributed by atoms with E-state index >= 15 is 0 Å². The molecule has 0 aliphatic heterocycles. The third-order valence-corrected chi connectivity index (χ3v) is 4.69. The van der Waals surface area contributed by atoms with Crippen LogP contribution in [0.3, 0.4) is 0 Å². The molecule has 29 heavy (non-hydrogen) atoms. The zero-order chi connectivity index (χ0) is 20.6. The van der Waals surface area contributed by atoms with Gasteiger partial charge in [-0.2, -0.15) is 0 Å². The highest BCUT2D eigenvalue weighted by molar-refractivity contribution is 5.97. The molecule has 4 heteroatoms. The van der Waals surface area contributed by atoms with E-state index in [9.17, 15) is 4.79 Å². The molecule has 0 radical (unpaired) electrons. The Balaban J connectivity index is 1.85. The van der Waals surface area contributed by atoms with Crippen molar-refractivity contribution >= 4 is 12.0 Å². The Labute approximate surface area is 171 Å². The van der Waals surface area contributed by atoms with Gasteiger partial charge in [-0.05, 0) is 41.8 Å². The Bertz CT molecular complexity index is 942. The molecule has 0 atom stereocenters. The van der Waals surface area contributed by atoms with Gasteiger partial charge in [0, 0.05) is 5.57 Å². The Morgan fingerprint density at radius 1 is 0.828 bits per heavy atom. The van der Waals surface area contributed by atoms with E-state index < -0.39 is 0 Å². The highest BCUT2D eigenvalue weighted by Crippen LogP contribution is 2.28. The molecule has 0 heterocycles. The lowest BCUT2D eigenvalue weighted by molar-refractivity contribution is -0.117. The molecule has 0 fully saturated rings. The Morgan fingerprint density at radius 3 is 1.90 bits per heavy atom. The minimum Gasteiger partial charge on any atom is -0.493 e. The average Bonchev–Trinajstić information content (AvgIpc) is 2.78. The van der Waals surface area contributed by atoms with E-state index in [-0.39, 0.29) is 11.9 Å². The Hall–Kier alpha value is -3.53. The summed E-state index contributed by atoms with van der Waals surface area (Å²) in [6, 6.07) is 25.3. The minimum atomic E-state index is -0.223. The van der Waals surface area contributed by atoms with Crippen LogP contribution >= 0.6 is 0 Å². The molecule has 0 saturated carbocycles. The predicted octanol–water partition coefficient (Wildman–Crippen LogP) is 5.01. The number of rotatable bonds is 7. The van der Waals surface area contributed by atoms with Crippen LogP contribution in [0, 0.1) is 0 Å². The molecule has 3 rings (SSSR count). The van der Waals surface area contributed by atoms with Crippen LogP contribution in [0.4, 0.5) is 0 Å². The molecule has 0 spiro atoms. The molecule has 0 unspecified atom stereocenters. The molecule has 4 nitrogen and oxygen atoms in total. The van der Waals surface area contributed by atoms with E-state index in [4.69, 9.17) is 9.47 Å². The SMILES string of the molecule is COc1ccc(/C=C(\C)C(=O)NC(c2ccccc2)c2ccccc2)cc1OC. The normalized spacial score (nSPS) is 11.2. The molecule has 1 N–H and O–H groups in total. The highest BCUT2D eigenvalue weighted by atomic mass is 16.5. The van der Waals surface area contributed by atoms with Crippen LogP contribution in [0.5, 0.6) is 11.5 Å². The molecule has 0 aromatic heterocycles. The van der Waals surface area contributed by atoms with Crippen LogP contribution in [0.25, 0.3) is 6.08 Å². The smallest absolute Gasteiger partial charge is 0.247 e. The number of hydrogen-bond acceptors (Lipinski definition) is 3. The van der Waals surface area contributed by atoms with Crippen molar-refractivity contribution in [2.75, 3.05) is 14.2 Å². The van der Waals surface area contributed by atoms with Gasteiger partial charge in [0.1, 0.15) is 0 Å². The van der Waals surface area contributed by atoms with Gasteiger partial charge in [-0.1, -0.05) is 66.7 Å². The number of nitrogens with one attached hydrogen (secondary N) is 1. The quantitative estimate of drug-likeness (QED) is 0.580. The molecule has 148 valence electrons. The van der Waals surface area contributed by atoms with Crippen LogP contribution in [-0.4, -0.2) is 20.1 Å². The zero-order valence-electron chi connectivity index (χ0n) is 16.9. The molecule has 1 amide bonds. The van der Waals surface area contributed by atoms with Crippen molar-refractivity contribution < 1.29 is 14.3 Å². The monoisotopic (exact) mass is 387 g/mol. The van der Waals surface area contributed by atoms with Gasteiger partial charge in [-0.15, -0.1) is 0 Å². The number of carbonyl (C=O) groups excluding carboxylic acids is 1. The largest absolute Gasteiger partial charge is 0.493 e. The van der Waals surface area contributed by atoms with Gasteiger partial charge in [0.2, 0.25) is 5.91 Å². The number of hydrogen-bond donors (Lipinski definition) is 1. The average molecular weight is 387 g/mol. The maximum absolute atomic E-state index is 12.9. The summed E-state index contributed by atoms with van der Waals surface area (Å²) in [5, 5.41) is 3.16. The third-order valence-electron chi connectivity index (χ3n) is 4.69. The second-order valence-electron chi connectivity index (χ2n) is 6.67. The van der Waals surface area contributed by atoms with E-state index in [1.165, 1.54) is 0 Å². The number of ether oxygens (including phenoxy) is 2. The number of carbonyl (C=O) groups is 1. The number of amides is 1. The number of methoxy groups -OCH3 is 2. The molecule has 3 aromatic carbocycles. The van der Waals surface area contributed by atoms with Crippen LogP contribution < -0.4 is 14.8 Å². The summed E-state index contributed by atoms with van der Waals surface area (Å²) in [5.41, 5.74) is 3.54. The molecular formula is C25H25NO3. The first-order valence-corrected chi connectivity index (χ1v) is 9.43. The third kappa shape index (κ3) is 5.05. The fraction of sp³-hybridized carbons (Fsp3) is 0.160. The maximum Gasteiger partial charge on any atom is 0.247 e. The lowest BCUT2D eigenvalue weighted by Gasteiger charge is -2.20. The number of benzene rings is 3. The van der Waals surface area contributed by atoms with Gasteiger partial charge in [-0.25, -0.2) is 0 Å². The van der Waals surface area contributed by atoms with Crippen molar-refractivity contribution in [3.63, 3.8) is 0 Å². The topological polar surface area (TPSA) is 47.6 Å². The Morgan fingerprint density at radius 2 is 1.38 bits per heavy atom. The van der Waals surface area contributed by atoms with E-state index in [1.54, 1.807) is 21.1 Å². The van der Waals surface area contributed by atoms with Crippen molar-refractivity contribution in [3.8, 4) is 11.5 Å². The summed E-state index contributed by atoms with van der Waals surface area (Å²) in [6.07, 6.45) is 1.84. The van der Waals surface area contributed by atoms with Crippen molar-refractivity contribution in [1.29, 1.82) is 0 Å². The molecule has 3 aromatic rings. The molecule has 0 aliphatic carbocycles. The molecule has 0 aliphatic rings. The van der Waals surface area contributed by atoms with Gasteiger partial charge in [-0.3, -0.25) is 4.79 Å². The first-order valence-electron chi connectivity index (χ1n) is 9.43. The van der Waals surface area contributed by atoms with Crippen molar-refractivity contribution in [2.24, 2.45) is 0 Å². The molecule has 0 saturated heterocycles. The summed E-state index contributed by atoms with van der Waals surface area (Å²) >= 11 is 0. The van der Waals surface area contributed by atoms with Crippen LogP contribution in [0.15, 0.2) is 84.4 Å². The second-order valence-corrected chi connectivity index (χ2v) is 6.67. The second kappa shape index (κ2) is 9.60. The van der Waals surface area contributed by atoms with Gasteiger partial charge in [0.25, 0.3) is 0 Å². The van der Waals surface area contributed by atoms with Crippen LogP contribution in [0.2, 0.25) is 0 Å². The fourth-order valence-corrected chi connectivity index (χ4v) is 3.15. The summed E-state index contributed by atoms with van der Waals surface area (Å²) in [5.74, 6) is 1.15. The van der Waals surface area contributed by atoms with Crippen LogP contribution in [-0.2, 0) is 4.79 Å². The zero-order valence-corrected chi connectivity index (χ0v) is 16.9. The predicted molar refractivity (Wildman–Crippen MR) is 116 cm³/mol. The fourth-order valence-electron chi connectivity index (χ4n) is 3.15. The van der Waals surface area contributed by atoms with Gasteiger partial charge >= 0.3 is 0 Å². The highest BCUT2D eigenvalue weighted by Gasteiger charge is 2.17. The maximum atomic E-state index is 12.9. The van der Waals surface area contributed by atoms with Crippen molar-refractivity contribution in [2.45, 2.75) is 13.0 Å². The standard InChI is InChI=1S/C25H25NO3/c1-18(16-19-14-15-22(28-2)23(17-19)29-3)25(27)26-24(20-10-6-4-7-11-20)21-12-8-5-9-13-21/h4-17,24H,1-3H3,(H,26,27)/b18-16+. The van der Waals surface area contributed by atoms with E-state index in [2.05, 4.69) is 5.32 Å². The summed E-state index contributed by atoms with van der Waals surface area (Å²) < 4.78 is 10.6. The summed E-state index contributed by atoms with van der Waals surface area (Å²) in [7, 11) is 3.19. The molecular weight excluding hydrogens is 362 g/mol. The van der Waals surface area contributed by atoms with E-state index in [0.29, 0.717) is 17.1 Å². The van der Waals surface area contributed by atoms with Gasteiger partial charge < -0.3 is 14.8 Å². The van der Waals surface area contributed by atoms with Gasteiger partial charge in [0.05, 0.1) is 20.3 Å². The van der Waals surface area contributed by atoms with Crippen molar-refractivity contribution in [1.82, 2.24) is 5.32 Å². The lowest BCUT2D eigenvalue weighted by Crippen LogP contribution is -2.29. The van der Waals surface area contributed by atoms with E-state index in [1.807, 2.05) is 84.9 Å².